The number of hydrogen-bond acceptors (Lipinski definition) is 4. The molecule has 5 nitrogen and oxygen atoms in total. The van der Waals surface area contributed by atoms with Crippen LogP contribution in [0.1, 0.15) is 5.56 Å². The summed E-state index contributed by atoms with van der Waals surface area (Å²) in [6.07, 6.45) is 0. The van der Waals surface area contributed by atoms with Crippen molar-refractivity contribution >= 4 is 5.91 Å². The molecule has 0 unspecified atom stereocenters. The molecule has 0 aliphatic carbocycles. The van der Waals surface area contributed by atoms with Gasteiger partial charge in [0.25, 0.3) is 5.91 Å². The highest BCUT2D eigenvalue weighted by Gasteiger charge is 2.11. The first kappa shape index (κ1) is 15.7. The number of amides is 1. The van der Waals surface area contributed by atoms with E-state index in [-0.39, 0.29) is 18.3 Å². The lowest BCUT2D eigenvalue weighted by Gasteiger charge is -2.18. The van der Waals surface area contributed by atoms with Gasteiger partial charge in [-0.3, -0.25) is 4.79 Å². The molecule has 0 radical (unpaired) electrons. The van der Waals surface area contributed by atoms with Crippen molar-refractivity contribution in [3.05, 3.63) is 54.1 Å². The van der Waals surface area contributed by atoms with Crippen molar-refractivity contribution in [3.63, 3.8) is 0 Å². The number of rotatable bonds is 6. The maximum absolute atomic E-state index is 12.1. The number of methoxy groups -OCH3 is 1. The minimum Gasteiger partial charge on any atom is -0.504 e. The maximum atomic E-state index is 12.1. The molecule has 5 heteroatoms. The molecule has 0 heterocycles. The van der Waals surface area contributed by atoms with Crippen LogP contribution in [-0.4, -0.2) is 36.7 Å². The average molecular weight is 301 g/mol. The number of benzene rings is 2. The van der Waals surface area contributed by atoms with E-state index in [1.807, 2.05) is 24.3 Å². The molecule has 2 aromatic rings. The maximum Gasteiger partial charge on any atom is 0.260 e. The van der Waals surface area contributed by atoms with Gasteiger partial charge in [-0.1, -0.05) is 24.3 Å². The van der Waals surface area contributed by atoms with E-state index in [1.165, 1.54) is 6.07 Å². The third-order valence-corrected chi connectivity index (χ3v) is 3.20. The molecule has 0 bridgehead atoms. The molecular formula is C17H19NO4. The summed E-state index contributed by atoms with van der Waals surface area (Å²) in [7, 11) is 3.31. The van der Waals surface area contributed by atoms with Gasteiger partial charge in [0.15, 0.2) is 18.1 Å². The topological polar surface area (TPSA) is 59.0 Å². The molecule has 2 aromatic carbocycles. The Hall–Kier alpha value is -2.69. The summed E-state index contributed by atoms with van der Waals surface area (Å²) in [5.41, 5.74) is 0.970. The van der Waals surface area contributed by atoms with E-state index < -0.39 is 0 Å². The lowest BCUT2D eigenvalue weighted by atomic mass is 10.2. The number of likely N-dealkylation sites (N-methyl/N-ethyl adjacent to an activating group) is 1. The molecule has 2 rings (SSSR count). The molecule has 0 aliphatic heterocycles. The molecule has 1 N–H and O–H groups in total. The van der Waals surface area contributed by atoms with Crippen molar-refractivity contribution in [2.24, 2.45) is 0 Å². The van der Waals surface area contributed by atoms with Crippen molar-refractivity contribution in [2.75, 3.05) is 20.8 Å². The summed E-state index contributed by atoms with van der Waals surface area (Å²) >= 11 is 0. The van der Waals surface area contributed by atoms with Crippen LogP contribution in [0.25, 0.3) is 0 Å². The van der Waals surface area contributed by atoms with E-state index in [9.17, 15) is 9.90 Å². The van der Waals surface area contributed by atoms with Crippen LogP contribution in [0.15, 0.2) is 48.5 Å². The van der Waals surface area contributed by atoms with Gasteiger partial charge >= 0.3 is 0 Å². The summed E-state index contributed by atoms with van der Waals surface area (Å²) in [6.45, 7) is 0.332. The zero-order valence-corrected chi connectivity index (χ0v) is 12.7. The fourth-order valence-electron chi connectivity index (χ4n) is 1.96. The average Bonchev–Trinajstić information content (AvgIpc) is 2.54. The Morgan fingerprint density at radius 3 is 2.68 bits per heavy atom. The second-order valence-electron chi connectivity index (χ2n) is 4.86. The zero-order valence-electron chi connectivity index (χ0n) is 12.7. The van der Waals surface area contributed by atoms with Crippen molar-refractivity contribution in [2.45, 2.75) is 6.54 Å². The first-order valence-electron chi connectivity index (χ1n) is 6.88. The summed E-state index contributed by atoms with van der Waals surface area (Å²) in [5.74, 6) is 0.895. The van der Waals surface area contributed by atoms with Gasteiger partial charge in [-0.05, 0) is 29.8 Å². The SMILES string of the molecule is COc1cccc(CN(C)C(=O)COc2ccccc2O)c1. The number of para-hydroxylation sites is 2. The van der Waals surface area contributed by atoms with Crippen LogP contribution in [0, 0.1) is 0 Å². The Kier molecular flexibility index (Phi) is 5.25. The highest BCUT2D eigenvalue weighted by Crippen LogP contribution is 2.24. The summed E-state index contributed by atoms with van der Waals surface area (Å²) < 4.78 is 10.5. The van der Waals surface area contributed by atoms with Crippen molar-refractivity contribution in [1.29, 1.82) is 0 Å². The van der Waals surface area contributed by atoms with Crippen LogP contribution in [-0.2, 0) is 11.3 Å². The van der Waals surface area contributed by atoms with Crippen molar-refractivity contribution in [1.82, 2.24) is 4.90 Å². The van der Waals surface area contributed by atoms with E-state index in [1.54, 1.807) is 37.3 Å². The predicted molar refractivity (Wildman–Crippen MR) is 83.1 cm³/mol. The van der Waals surface area contributed by atoms with Crippen LogP contribution < -0.4 is 9.47 Å². The van der Waals surface area contributed by atoms with Gasteiger partial charge in [0.05, 0.1) is 7.11 Å². The molecule has 22 heavy (non-hydrogen) atoms. The quantitative estimate of drug-likeness (QED) is 0.890. The van der Waals surface area contributed by atoms with Crippen LogP contribution >= 0.6 is 0 Å². The van der Waals surface area contributed by atoms with E-state index in [4.69, 9.17) is 9.47 Å². The largest absolute Gasteiger partial charge is 0.504 e. The second-order valence-corrected chi connectivity index (χ2v) is 4.86. The molecule has 0 spiro atoms. The van der Waals surface area contributed by atoms with Gasteiger partial charge in [-0.15, -0.1) is 0 Å². The molecule has 0 aromatic heterocycles. The fourth-order valence-corrected chi connectivity index (χ4v) is 1.96. The minimum absolute atomic E-state index is 0.0192. The number of nitrogens with zero attached hydrogens (tertiary/aromatic N) is 1. The summed E-state index contributed by atoms with van der Waals surface area (Å²) in [6, 6.07) is 14.1. The number of phenolic OH excluding ortho intramolecular Hbond substituents is 1. The van der Waals surface area contributed by atoms with Gasteiger partial charge in [-0.2, -0.15) is 0 Å². The van der Waals surface area contributed by atoms with Crippen LogP contribution in [0.2, 0.25) is 0 Å². The second kappa shape index (κ2) is 7.36. The van der Waals surface area contributed by atoms with Crippen molar-refractivity contribution in [3.8, 4) is 17.2 Å². The first-order valence-corrected chi connectivity index (χ1v) is 6.88. The Labute approximate surface area is 129 Å². The van der Waals surface area contributed by atoms with Gasteiger partial charge in [0.2, 0.25) is 0 Å². The van der Waals surface area contributed by atoms with Crippen LogP contribution in [0.5, 0.6) is 17.2 Å². The van der Waals surface area contributed by atoms with Crippen LogP contribution in [0.3, 0.4) is 0 Å². The first-order chi connectivity index (χ1) is 10.6. The smallest absolute Gasteiger partial charge is 0.260 e. The molecule has 116 valence electrons. The van der Waals surface area contributed by atoms with E-state index in [2.05, 4.69) is 0 Å². The number of ether oxygens (including phenoxy) is 2. The zero-order chi connectivity index (χ0) is 15.9. The van der Waals surface area contributed by atoms with Gasteiger partial charge in [-0.25, -0.2) is 0 Å². The fraction of sp³-hybridized carbons (Fsp3) is 0.235. The van der Waals surface area contributed by atoms with Gasteiger partial charge < -0.3 is 19.5 Å². The highest BCUT2D eigenvalue weighted by molar-refractivity contribution is 5.77. The lowest BCUT2D eigenvalue weighted by Crippen LogP contribution is -2.30. The Morgan fingerprint density at radius 2 is 1.95 bits per heavy atom. The van der Waals surface area contributed by atoms with Gasteiger partial charge in [0.1, 0.15) is 5.75 Å². The summed E-state index contributed by atoms with van der Waals surface area (Å²) in [4.78, 5) is 13.6. The molecule has 0 saturated heterocycles. The summed E-state index contributed by atoms with van der Waals surface area (Å²) in [5, 5.41) is 9.59. The Balaban J connectivity index is 1.90. The number of phenols is 1. The standard InChI is InChI=1S/C17H19NO4/c1-18(11-13-6-5-7-14(10-13)21-2)17(20)12-22-16-9-4-3-8-15(16)19/h3-10,19H,11-12H2,1-2H3. The number of carbonyl (C=O) groups excluding carboxylic acids is 1. The number of aromatic hydroxyl groups is 1. The third-order valence-electron chi connectivity index (χ3n) is 3.20. The Bertz CT molecular complexity index is 642. The number of hydrogen-bond donors (Lipinski definition) is 1. The molecule has 1 amide bonds. The molecule has 0 atom stereocenters. The molecule has 0 fully saturated rings. The third kappa shape index (κ3) is 4.15. The Morgan fingerprint density at radius 1 is 1.18 bits per heavy atom. The normalized spacial score (nSPS) is 10.1. The van der Waals surface area contributed by atoms with E-state index in [0.717, 1.165) is 11.3 Å². The molecular weight excluding hydrogens is 282 g/mol. The van der Waals surface area contributed by atoms with Gasteiger partial charge in [0, 0.05) is 13.6 Å². The van der Waals surface area contributed by atoms with E-state index in [0.29, 0.717) is 12.3 Å². The molecule has 0 saturated carbocycles. The monoisotopic (exact) mass is 301 g/mol. The molecule has 0 aliphatic rings. The van der Waals surface area contributed by atoms with E-state index >= 15 is 0 Å². The predicted octanol–water partition coefficient (Wildman–Crippen LogP) is 2.44. The van der Waals surface area contributed by atoms with Crippen LogP contribution in [0.4, 0.5) is 0 Å². The minimum atomic E-state index is -0.175. The van der Waals surface area contributed by atoms with Crippen molar-refractivity contribution < 1.29 is 19.4 Å². The highest BCUT2D eigenvalue weighted by atomic mass is 16.5. The number of carbonyl (C=O) groups is 1. The lowest BCUT2D eigenvalue weighted by molar-refractivity contribution is -0.132.